The second kappa shape index (κ2) is 15.5. The number of rotatable bonds is 8. The first-order valence-corrected chi connectivity index (χ1v) is 19.6. The van der Waals surface area contributed by atoms with Crippen LogP contribution in [0.1, 0.15) is 17.9 Å². The molecule has 274 valence electrons. The maximum atomic E-state index is 5.04. The van der Waals surface area contributed by atoms with Gasteiger partial charge in [0, 0.05) is 46.1 Å². The topological polar surface area (TPSA) is 64.5 Å². The average molecular weight is 744 g/mol. The lowest BCUT2D eigenvalue weighted by molar-refractivity contribution is 0.854. The first-order chi connectivity index (χ1) is 28.7. The van der Waals surface area contributed by atoms with Gasteiger partial charge in [-0.15, -0.1) is 0 Å². The summed E-state index contributed by atoms with van der Waals surface area (Å²) in [5.74, 6) is 2.32. The van der Waals surface area contributed by atoms with Gasteiger partial charge in [0.15, 0.2) is 17.5 Å². The highest BCUT2D eigenvalue weighted by molar-refractivity contribution is 6.05. The molecule has 5 heteroatoms. The van der Waals surface area contributed by atoms with Crippen molar-refractivity contribution in [1.29, 1.82) is 0 Å². The number of nitrogens with zero attached hydrogens (tertiary/aromatic N) is 5. The lowest BCUT2D eigenvalue weighted by Gasteiger charge is -2.15. The summed E-state index contributed by atoms with van der Waals surface area (Å²) in [6, 6.07) is 59.1. The zero-order valence-electron chi connectivity index (χ0n) is 31.7. The zero-order valence-corrected chi connectivity index (χ0v) is 31.7. The summed E-state index contributed by atoms with van der Waals surface area (Å²) in [6.45, 7) is 0. The molecular weight excluding hydrogens is 707 g/mol. The van der Waals surface area contributed by atoms with Crippen LogP contribution in [0.15, 0.2) is 207 Å². The molecule has 0 N–H and O–H groups in total. The molecule has 3 heterocycles. The van der Waals surface area contributed by atoms with Crippen molar-refractivity contribution in [3.63, 3.8) is 0 Å². The van der Waals surface area contributed by atoms with Crippen molar-refractivity contribution in [3.05, 3.63) is 212 Å². The molecule has 1 aliphatic carbocycles. The van der Waals surface area contributed by atoms with Crippen LogP contribution in [-0.4, -0.2) is 24.9 Å². The number of hydrogen-bond acceptors (Lipinski definition) is 5. The fourth-order valence-corrected chi connectivity index (χ4v) is 7.80. The molecule has 0 radical (unpaired) electrons. The van der Waals surface area contributed by atoms with Gasteiger partial charge in [-0.25, -0.2) is 15.0 Å². The highest BCUT2D eigenvalue weighted by Gasteiger charge is 2.16. The lowest BCUT2D eigenvalue weighted by Crippen LogP contribution is -2.01. The smallest absolute Gasteiger partial charge is 0.164 e. The van der Waals surface area contributed by atoms with Gasteiger partial charge >= 0.3 is 0 Å². The Hall–Kier alpha value is -7.63. The van der Waals surface area contributed by atoms with E-state index >= 15 is 0 Å². The first kappa shape index (κ1) is 34.8. The molecule has 9 aromatic rings. The molecule has 5 nitrogen and oxygen atoms in total. The summed E-state index contributed by atoms with van der Waals surface area (Å²) in [5.41, 5.74) is 12.6. The Balaban J connectivity index is 1.02. The van der Waals surface area contributed by atoms with Crippen molar-refractivity contribution < 1.29 is 0 Å². The summed E-state index contributed by atoms with van der Waals surface area (Å²) >= 11 is 0. The molecule has 0 aliphatic heterocycles. The number of hydrogen-bond donors (Lipinski definition) is 0. The van der Waals surface area contributed by atoms with Gasteiger partial charge in [-0.2, -0.15) is 0 Å². The summed E-state index contributed by atoms with van der Waals surface area (Å²) in [7, 11) is 0. The Bertz CT molecular complexity index is 2880. The number of aromatic nitrogens is 5. The number of benzene rings is 6. The second-order valence-corrected chi connectivity index (χ2v) is 14.5. The van der Waals surface area contributed by atoms with Crippen LogP contribution >= 0.6 is 0 Å². The monoisotopic (exact) mass is 743 g/mol. The maximum absolute atomic E-state index is 5.04. The molecule has 0 bridgehead atoms. The van der Waals surface area contributed by atoms with Crippen molar-refractivity contribution in [2.45, 2.75) is 12.3 Å². The predicted octanol–water partition coefficient (Wildman–Crippen LogP) is 13.1. The number of fused-ring (bicyclic) bond motifs is 1. The van der Waals surface area contributed by atoms with Gasteiger partial charge in [0.1, 0.15) is 0 Å². The van der Waals surface area contributed by atoms with E-state index in [9.17, 15) is 0 Å². The normalized spacial score (nSPS) is 13.5. The molecule has 1 aliphatic rings. The van der Waals surface area contributed by atoms with Gasteiger partial charge in [0.05, 0.1) is 11.4 Å². The van der Waals surface area contributed by atoms with Gasteiger partial charge in [0.25, 0.3) is 0 Å². The third-order valence-electron chi connectivity index (χ3n) is 10.8. The molecule has 3 aromatic heterocycles. The summed E-state index contributed by atoms with van der Waals surface area (Å²) in [6.07, 6.45) is 13.4. The predicted molar refractivity (Wildman–Crippen MR) is 237 cm³/mol. The van der Waals surface area contributed by atoms with E-state index in [1.807, 2.05) is 67.0 Å². The van der Waals surface area contributed by atoms with Crippen molar-refractivity contribution >= 4 is 10.8 Å². The molecule has 0 spiro atoms. The van der Waals surface area contributed by atoms with Crippen molar-refractivity contribution in [1.82, 2.24) is 24.9 Å². The summed E-state index contributed by atoms with van der Waals surface area (Å²) in [4.78, 5) is 24.4. The van der Waals surface area contributed by atoms with Gasteiger partial charge in [-0.3, -0.25) is 9.97 Å². The van der Waals surface area contributed by atoms with Crippen molar-refractivity contribution in [2.24, 2.45) is 0 Å². The molecule has 6 aromatic carbocycles. The highest BCUT2D eigenvalue weighted by Crippen LogP contribution is 2.39. The third kappa shape index (κ3) is 7.02. The average Bonchev–Trinajstić information content (AvgIpc) is 3.32. The van der Waals surface area contributed by atoms with Crippen molar-refractivity contribution in [3.8, 4) is 78.9 Å². The van der Waals surface area contributed by atoms with Crippen LogP contribution in [0, 0.1) is 0 Å². The van der Waals surface area contributed by atoms with E-state index in [-0.39, 0.29) is 0 Å². The van der Waals surface area contributed by atoms with Crippen LogP contribution in [0.3, 0.4) is 0 Å². The lowest BCUT2D eigenvalue weighted by atomic mass is 9.90. The summed E-state index contributed by atoms with van der Waals surface area (Å²) < 4.78 is 0. The van der Waals surface area contributed by atoms with Gasteiger partial charge < -0.3 is 0 Å². The van der Waals surface area contributed by atoms with Crippen LogP contribution in [0.5, 0.6) is 0 Å². The molecule has 1 atom stereocenters. The minimum Gasteiger partial charge on any atom is -0.256 e. The van der Waals surface area contributed by atoms with Gasteiger partial charge in [-0.05, 0) is 87.5 Å². The van der Waals surface area contributed by atoms with E-state index in [1.165, 1.54) is 16.3 Å². The molecule has 10 rings (SSSR count). The Kier molecular flexibility index (Phi) is 9.30. The van der Waals surface area contributed by atoms with Gasteiger partial charge in [0.2, 0.25) is 0 Å². The SMILES string of the molecule is C1=CCC(c2ccc(-c3nc(-c4ccccc4)nc(-c4ccc(-c5ccc(-c6cc(-c7ccccn7)cc(-c7ccccn7)c6)c6ccccc56)cc4)n3)cc2)C=C1. The van der Waals surface area contributed by atoms with Crippen LogP contribution in [0.4, 0.5) is 0 Å². The Morgan fingerprint density at radius 1 is 0.379 bits per heavy atom. The molecule has 0 saturated carbocycles. The zero-order chi connectivity index (χ0) is 38.7. The van der Waals surface area contributed by atoms with E-state index in [1.54, 1.807) is 0 Å². The molecule has 0 fully saturated rings. The van der Waals surface area contributed by atoms with E-state index in [4.69, 9.17) is 15.0 Å². The van der Waals surface area contributed by atoms with Crippen LogP contribution in [0.25, 0.3) is 89.7 Å². The second-order valence-electron chi connectivity index (χ2n) is 14.5. The van der Waals surface area contributed by atoms with E-state index in [0.717, 1.165) is 67.9 Å². The quantitative estimate of drug-likeness (QED) is 0.155. The highest BCUT2D eigenvalue weighted by atomic mass is 15.0. The van der Waals surface area contributed by atoms with Crippen LogP contribution < -0.4 is 0 Å². The van der Waals surface area contributed by atoms with E-state index < -0.39 is 0 Å². The standard InChI is InChI=1S/C53H37N5/c1-3-13-36(14-4-1)37-21-25-40(26-22-37)52-56-51(39-15-5-2-6-16-39)57-53(58-52)41-27-23-38(24-28-41)45-29-30-46(48-18-8-7-17-47(45)48)42-33-43(49-19-9-11-31-54-49)35-44(34-42)50-20-10-12-32-55-50/h1-13,15-36H,14H2. The van der Waals surface area contributed by atoms with Gasteiger partial charge in [-0.1, -0.05) is 152 Å². The summed E-state index contributed by atoms with van der Waals surface area (Å²) in [5, 5.41) is 2.35. The van der Waals surface area contributed by atoms with E-state index in [0.29, 0.717) is 23.4 Å². The minimum absolute atomic E-state index is 0.383. The number of pyridine rings is 2. The molecule has 0 amide bonds. The fraction of sp³-hybridized carbons (Fsp3) is 0.0377. The maximum Gasteiger partial charge on any atom is 0.164 e. The Morgan fingerprint density at radius 2 is 0.862 bits per heavy atom. The number of allylic oxidation sites excluding steroid dienone is 4. The Morgan fingerprint density at radius 3 is 1.40 bits per heavy atom. The molecule has 58 heavy (non-hydrogen) atoms. The third-order valence-corrected chi connectivity index (χ3v) is 10.8. The van der Waals surface area contributed by atoms with E-state index in [2.05, 4.69) is 150 Å². The molecule has 1 unspecified atom stereocenters. The first-order valence-electron chi connectivity index (χ1n) is 19.6. The minimum atomic E-state index is 0.383. The largest absolute Gasteiger partial charge is 0.256 e. The van der Waals surface area contributed by atoms with Crippen molar-refractivity contribution in [2.75, 3.05) is 0 Å². The Labute approximate surface area is 337 Å². The molecular formula is C53H37N5. The van der Waals surface area contributed by atoms with Crippen LogP contribution in [0.2, 0.25) is 0 Å². The molecule has 0 saturated heterocycles. The van der Waals surface area contributed by atoms with Crippen LogP contribution in [-0.2, 0) is 0 Å². The fourth-order valence-electron chi connectivity index (χ4n) is 7.80.